The van der Waals surface area contributed by atoms with Crippen LogP contribution in [0.5, 0.6) is 0 Å². The number of benzene rings is 1. The Labute approximate surface area is 111 Å². The molecule has 0 aliphatic rings. The second kappa shape index (κ2) is 6.12. The molecule has 0 spiro atoms. The van der Waals surface area contributed by atoms with Crippen molar-refractivity contribution in [3.05, 3.63) is 27.7 Å². The van der Waals surface area contributed by atoms with Gasteiger partial charge in [-0.2, -0.15) is 0 Å². The van der Waals surface area contributed by atoms with Crippen LogP contribution in [0.25, 0.3) is 0 Å². The highest BCUT2D eigenvalue weighted by Crippen LogP contribution is 2.28. The molecule has 1 amide bonds. The van der Waals surface area contributed by atoms with Crippen molar-refractivity contribution >= 4 is 34.8 Å². The van der Waals surface area contributed by atoms with E-state index >= 15 is 0 Å². The van der Waals surface area contributed by atoms with Gasteiger partial charge >= 0.3 is 0 Å². The Morgan fingerprint density at radius 3 is 2.41 bits per heavy atom. The van der Waals surface area contributed by atoms with Gasteiger partial charge in [0.1, 0.15) is 0 Å². The fourth-order valence-corrected chi connectivity index (χ4v) is 1.72. The van der Waals surface area contributed by atoms with Crippen LogP contribution in [0.1, 0.15) is 30.6 Å². The summed E-state index contributed by atoms with van der Waals surface area (Å²) in [6.07, 6.45) is 1.02. The molecule has 0 bridgehead atoms. The highest BCUT2D eigenvalue weighted by molar-refractivity contribution is 6.39. The molecule has 0 saturated heterocycles. The predicted molar refractivity (Wildman–Crippen MR) is 72.7 cm³/mol. The summed E-state index contributed by atoms with van der Waals surface area (Å²) in [4.78, 5) is 11.8. The molecule has 1 atom stereocenters. The summed E-state index contributed by atoms with van der Waals surface area (Å²) in [5.41, 5.74) is 6.33. The molecule has 5 heteroatoms. The fraction of sp³-hybridized carbons (Fsp3) is 0.417. The van der Waals surface area contributed by atoms with Gasteiger partial charge in [-0.1, -0.05) is 43.5 Å². The van der Waals surface area contributed by atoms with Crippen molar-refractivity contribution in [2.24, 2.45) is 5.92 Å². The van der Waals surface area contributed by atoms with E-state index in [1.165, 1.54) is 12.1 Å². The van der Waals surface area contributed by atoms with Crippen LogP contribution in [-0.4, -0.2) is 12.5 Å². The molecule has 3 N–H and O–H groups in total. The van der Waals surface area contributed by atoms with Gasteiger partial charge in [-0.25, -0.2) is 0 Å². The SMILES string of the molecule is CCC(C)CNC(=O)c1cc(Cl)c(N)c(Cl)c1. The number of nitrogen functional groups attached to an aromatic ring is 1. The van der Waals surface area contributed by atoms with E-state index in [1.54, 1.807) is 0 Å². The van der Waals surface area contributed by atoms with Crippen molar-refractivity contribution in [3.8, 4) is 0 Å². The summed E-state index contributed by atoms with van der Waals surface area (Å²) in [5.74, 6) is 0.257. The summed E-state index contributed by atoms with van der Waals surface area (Å²) in [6.45, 7) is 4.78. The lowest BCUT2D eigenvalue weighted by Gasteiger charge is -2.11. The summed E-state index contributed by atoms with van der Waals surface area (Å²) < 4.78 is 0. The van der Waals surface area contributed by atoms with Crippen LogP contribution in [-0.2, 0) is 0 Å². The molecule has 0 heterocycles. The number of hydrogen-bond donors (Lipinski definition) is 2. The Kier molecular flexibility index (Phi) is 5.09. The third-order valence-electron chi connectivity index (χ3n) is 2.65. The van der Waals surface area contributed by atoms with Crippen LogP contribution in [0.4, 0.5) is 5.69 Å². The summed E-state index contributed by atoms with van der Waals surface area (Å²) in [6, 6.07) is 3.05. The number of carbonyl (C=O) groups is 1. The molecular weight excluding hydrogens is 259 g/mol. The molecule has 1 rings (SSSR count). The summed E-state index contributed by atoms with van der Waals surface area (Å²) in [5, 5.41) is 3.42. The minimum atomic E-state index is -0.186. The standard InChI is InChI=1S/C12H16Cl2N2O/c1-3-7(2)6-16-12(17)8-4-9(13)11(15)10(14)5-8/h4-5,7H,3,6,15H2,1-2H3,(H,16,17). The Balaban J connectivity index is 2.76. The molecule has 0 saturated carbocycles. The lowest BCUT2D eigenvalue weighted by Crippen LogP contribution is -2.28. The highest BCUT2D eigenvalue weighted by atomic mass is 35.5. The first-order valence-corrected chi connectivity index (χ1v) is 6.24. The van der Waals surface area contributed by atoms with E-state index < -0.39 is 0 Å². The molecule has 17 heavy (non-hydrogen) atoms. The first-order valence-electron chi connectivity index (χ1n) is 5.48. The van der Waals surface area contributed by atoms with Crippen molar-refractivity contribution in [1.29, 1.82) is 0 Å². The quantitative estimate of drug-likeness (QED) is 0.828. The number of carbonyl (C=O) groups excluding carboxylic acids is 1. The second-order valence-electron chi connectivity index (χ2n) is 4.08. The summed E-state index contributed by atoms with van der Waals surface area (Å²) >= 11 is 11.7. The van der Waals surface area contributed by atoms with Gasteiger partial charge in [-0.3, -0.25) is 4.79 Å². The van der Waals surface area contributed by atoms with E-state index in [0.29, 0.717) is 33.8 Å². The van der Waals surface area contributed by atoms with Gasteiger partial charge in [-0.05, 0) is 18.1 Å². The average Bonchev–Trinajstić information content (AvgIpc) is 2.31. The lowest BCUT2D eigenvalue weighted by molar-refractivity contribution is 0.0948. The Morgan fingerprint density at radius 1 is 1.41 bits per heavy atom. The molecule has 3 nitrogen and oxygen atoms in total. The van der Waals surface area contributed by atoms with Gasteiger partial charge in [0, 0.05) is 12.1 Å². The highest BCUT2D eigenvalue weighted by Gasteiger charge is 2.11. The van der Waals surface area contributed by atoms with Crippen molar-refractivity contribution in [2.45, 2.75) is 20.3 Å². The molecule has 0 aliphatic heterocycles. The third-order valence-corrected chi connectivity index (χ3v) is 3.27. The number of halogens is 2. The van der Waals surface area contributed by atoms with Crippen LogP contribution in [0.15, 0.2) is 12.1 Å². The molecule has 94 valence electrons. The van der Waals surface area contributed by atoms with E-state index in [1.807, 2.05) is 0 Å². The fourth-order valence-electron chi connectivity index (χ4n) is 1.23. The molecule has 0 aliphatic carbocycles. The van der Waals surface area contributed by atoms with Gasteiger partial charge in [0.25, 0.3) is 5.91 Å². The number of anilines is 1. The molecule has 1 aromatic carbocycles. The number of hydrogen-bond acceptors (Lipinski definition) is 2. The molecule has 0 fully saturated rings. The first-order chi connectivity index (χ1) is 7.95. The number of nitrogens with one attached hydrogen (secondary N) is 1. The van der Waals surface area contributed by atoms with Crippen molar-refractivity contribution in [3.63, 3.8) is 0 Å². The van der Waals surface area contributed by atoms with E-state index in [2.05, 4.69) is 19.2 Å². The zero-order valence-corrected chi connectivity index (χ0v) is 11.4. The van der Waals surface area contributed by atoms with Crippen molar-refractivity contribution < 1.29 is 4.79 Å². The van der Waals surface area contributed by atoms with Crippen LogP contribution >= 0.6 is 23.2 Å². The Morgan fingerprint density at radius 2 is 1.94 bits per heavy atom. The van der Waals surface area contributed by atoms with Gasteiger partial charge in [0.15, 0.2) is 0 Å². The topological polar surface area (TPSA) is 55.1 Å². The van der Waals surface area contributed by atoms with Crippen LogP contribution in [0, 0.1) is 5.92 Å². The van der Waals surface area contributed by atoms with E-state index in [4.69, 9.17) is 28.9 Å². The first kappa shape index (κ1) is 14.1. The summed E-state index contributed by atoms with van der Waals surface area (Å²) in [7, 11) is 0. The maximum absolute atomic E-state index is 11.8. The third kappa shape index (κ3) is 3.79. The number of rotatable bonds is 4. The van der Waals surface area contributed by atoms with Gasteiger partial charge in [0.2, 0.25) is 0 Å². The largest absolute Gasteiger partial charge is 0.396 e. The number of nitrogens with two attached hydrogens (primary N) is 1. The van der Waals surface area contributed by atoms with Crippen LogP contribution in [0.2, 0.25) is 10.0 Å². The molecule has 1 unspecified atom stereocenters. The van der Waals surface area contributed by atoms with Gasteiger partial charge in [-0.15, -0.1) is 0 Å². The minimum absolute atomic E-state index is 0.186. The molecule has 0 aromatic heterocycles. The Hall–Kier alpha value is -0.930. The van der Waals surface area contributed by atoms with E-state index in [9.17, 15) is 4.79 Å². The zero-order valence-electron chi connectivity index (χ0n) is 9.89. The van der Waals surface area contributed by atoms with Gasteiger partial charge < -0.3 is 11.1 Å². The normalized spacial score (nSPS) is 12.2. The molecule has 1 aromatic rings. The van der Waals surface area contributed by atoms with Crippen LogP contribution in [0.3, 0.4) is 0 Å². The molecular formula is C12H16Cl2N2O. The number of amides is 1. The maximum Gasteiger partial charge on any atom is 0.251 e. The predicted octanol–water partition coefficient (Wildman–Crippen LogP) is 3.35. The Bertz CT molecular complexity index is 398. The molecule has 0 radical (unpaired) electrons. The monoisotopic (exact) mass is 274 g/mol. The van der Waals surface area contributed by atoms with Crippen molar-refractivity contribution in [2.75, 3.05) is 12.3 Å². The lowest BCUT2D eigenvalue weighted by atomic mass is 10.1. The van der Waals surface area contributed by atoms with Crippen LogP contribution < -0.4 is 11.1 Å². The minimum Gasteiger partial charge on any atom is -0.396 e. The van der Waals surface area contributed by atoms with E-state index in [-0.39, 0.29) is 5.91 Å². The van der Waals surface area contributed by atoms with Gasteiger partial charge in [0.05, 0.1) is 15.7 Å². The zero-order chi connectivity index (χ0) is 13.0. The second-order valence-corrected chi connectivity index (χ2v) is 4.89. The van der Waals surface area contributed by atoms with Crippen molar-refractivity contribution in [1.82, 2.24) is 5.32 Å². The smallest absolute Gasteiger partial charge is 0.251 e. The maximum atomic E-state index is 11.8. The van der Waals surface area contributed by atoms with E-state index in [0.717, 1.165) is 6.42 Å². The average molecular weight is 275 g/mol.